The first kappa shape index (κ1) is 26.3. The number of fused-ring (bicyclic) bond motifs is 1. The standard InChI is InChI=1S/C31H29N3O4S/c1-4-38-28(35)19-34-30(23-12-17-26(37-3)18-13-23)29(22-10-15-25(36-2)16-11-22)33-31(34)39-20-24-14-9-21-7-5-6-8-27(21)32-24/h5-18H,4,19-20H2,1-3H3. The van der Waals surface area contributed by atoms with E-state index in [0.717, 1.165) is 50.6 Å². The lowest BCUT2D eigenvalue weighted by Gasteiger charge is -2.13. The summed E-state index contributed by atoms with van der Waals surface area (Å²) >= 11 is 1.54. The minimum absolute atomic E-state index is 0.0336. The van der Waals surface area contributed by atoms with Crippen molar-refractivity contribution < 1.29 is 19.0 Å². The molecule has 0 spiro atoms. The maximum atomic E-state index is 12.8. The molecule has 0 unspecified atom stereocenters. The van der Waals surface area contributed by atoms with E-state index in [1.54, 1.807) is 32.9 Å². The summed E-state index contributed by atoms with van der Waals surface area (Å²) in [5.74, 6) is 1.77. The second kappa shape index (κ2) is 12.0. The number of carbonyl (C=O) groups excluding carboxylic acids is 1. The number of rotatable bonds is 10. The highest BCUT2D eigenvalue weighted by atomic mass is 32.2. The Morgan fingerprint density at radius 2 is 1.49 bits per heavy atom. The third-order valence-corrected chi connectivity index (χ3v) is 7.27. The maximum Gasteiger partial charge on any atom is 0.326 e. The summed E-state index contributed by atoms with van der Waals surface area (Å²) in [5.41, 5.74) is 5.29. The lowest BCUT2D eigenvalue weighted by Crippen LogP contribution is -2.15. The molecular formula is C31H29N3O4S. The molecule has 0 amide bonds. The number of para-hydroxylation sites is 1. The summed E-state index contributed by atoms with van der Waals surface area (Å²) in [4.78, 5) is 22.7. The molecule has 2 heterocycles. The summed E-state index contributed by atoms with van der Waals surface area (Å²) in [6, 6.07) is 27.7. The van der Waals surface area contributed by atoms with Crippen LogP contribution in [0.2, 0.25) is 0 Å². The Balaban J connectivity index is 1.60. The van der Waals surface area contributed by atoms with Crippen LogP contribution in [0, 0.1) is 0 Å². The summed E-state index contributed by atoms with van der Waals surface area (Å²) in [7, 11) is 3.28. The summed E-state index contributed by atoms with van der Waals surface area (Å²) in [6.45, 7) is 2.14. The number of hydrogen-bond donors (Lipinski definition) is 0. The number of methoxy groups -OCH3 is 2. The lowest BCUT2D eigenvalue weighted by atomic mass is 10.0. The molecule has 0 bridgehead atoms. The molecule has 0 saturated carbocycles. The van der Waals surface area contributed by atoms with E-state index in [-0.39, 0.29) is 12.5 Å². The average molecular weight is 540 g/mol. The smallest absolute Gasteiger partial charge is 0.326 e. The normalized spacial score (nSPS) is 10.9. The quantitative estimate of drug-likeness (QED) is 0.145. The Bertz CT molecular complexity index is 1580. The molecule has 198 valence electrons. The van der Waals surface area contributed by atoms with Gasteiger partial charge in [-0.3, -0.25) is 9.78 Å². The van der Waals surface area contributed by atoms with E-state index in [4.69, 9.17) is 24.2 Å². The van der Waals surface area contributed by atoms with Crippen LogP contribution >= 0.6 is 11.8 Å². The molecule has 39 heavy (non-hydrogen) atoms. The summed E-state index contributed by atoms with van der Waals surface area (Å²) in [5, 5.41) is 1.80. The van der Waals surface area contributed by atoms with Crippen molar-refractivity contribution in [2.45, 2.75) is 24.4 Å². The van der Waals surface area contributed by atoms with Crippen molar-refractivity contribution in [3.05, 3.63) is 90.6 Å². The van der Waals surface area contributed by atoms with Gasteiger partial charge in [0.05, 0.1) is 43.4 Å². The first-order valence-electron chi connectivity index (χ1n) is 12.6. The van der Waals surface area contributed by atoms with E-state index >= 15 is 0 Å². The van der Waals surface area contributed by atoms with Gasteiger partial charge in [-0.15, -0.1) is 0 Å². The van der Waals surface area contributed by atoms with Gasteiger partial charge in [-0.05, 0) is 67.6 Å². The third kappa shape index (κ3) is 5.91. The maximum absolute atomic E-state index is 12.8. The van der Waals surface area contributed by atoms with Crippen molar-refractivity contribution in [3.8, 4) is 34.0 Å². The highest BCUT2D eigenvalue weighted by Crippen LogP contribution is 2.38. The van der Waals surface area contributed by atoms with Gasteiger partial charge in [0.25, 0.3) is 0 Å². The van der Waals surface area contributed by atoms with Gasteiger partial charge in [0.15, 0.2) is 5.16 Å². The van der Waals surface area contributed by atoms with Gasteiger partial charge in [0, 0.05) is 22.3 Å². The number of aromatic nitrogens is 3. The van der Waals surface area contributed by atoms with Crippen LogP contribution in [-0.2, 0) is 21.8 Å². The number of nitrogens with zero attached hydrogens (tertiary/aromatic N) is 3. The van der Waals surface area contributed by atoms with Crippen molar-refractivity contribution >= 4 is 28.6 Å². The summed E-state index contributed by atoms with van der Waals surface area (Å²) in [6.07, 6.45) is 0. The van der Waals surface area contributed by atoms with Crippen LogP contribution in [0.15, 0.2) is 90.1 Å². The molecule has 0 radical (unpaired) electrons. The molecule has 8 heteroatoms. The monoisotopic (exact) mass is 539 g/mol. The molecule has 2 aromatic heterocycles. The average Bonchev–Trinajstić information content (AvgIpc) is 3.33. The van der Waals surface area contributed by atoms with Gasteiger partial charge < -0.3 is 18.8 Å². The van der Waals surface area contributed by atoms with Crippen LogP contribution in [0.1, 0.15) is 12.6 Å². The number of imidazole rings is 1. The fourth-order valence-electron chi connectivity index (χ4n) is 4.34. The molecule has 0 N–H and O–H groups in total. The Hall–Kier alpha value is -4.30. The molecule has 5 aromatic rings. The van der Waals surface area contributed by atoms with Gasteiger partial charge in [-0.1, -0.05) is 36.0 Å². The van der Waals surface area contributed by atoms with Crippen LogP contribution in [0.5, 0.6) is 11.5 Å². The van der Waals surface area contributed by atoms with Crippen LogP contribution in [0.25, 0.3) is 33.4 Å². The van der Waals surface area contributed by atoms with Crippen molar-refractivity contribution in [2.75, 3.05) is 20.8 Å². The fourth-order valence-corrected chi connectivity index (χ4v) is 5.25. The number of pyridine rings is 1. The lowest BCUT2D eigenvalue weighted by molar-refractivity contribution is -0.143. The number of thioether (sulfide) groups is 1. The van der Waals surface area contributed by atoms with Gasteiger partial charge in [-0.25, -0.2) is 4.98 Å². The van der Waals surface area contributed by atoms with E-state index in [2.05, 4.69) is 6.07 Å². The van der Waals surface area contributed by atoms with Crippen LogP contribution in [0.3, 0.4) is 0 Å². The molecule has 0 fully saturated rings. The molecule has 0 aliphatic heterocycles. The van der Waals surface area contributed by atoms with Crippen molar-refractivity contribution in [2.24, 2.45) is 0 Å². The van der Waals surface area contributed by atoms with Crippen LogP contribution in [-0.4, -0.2) is 41.3 Å². The molecule has 5 rings (SSSR count). The molecule has 0 atom stereocenters. The number of esters is 1. The second-order valence-corrected chi connectivity index (χ2v) is 9.67. The Morgan fingerprint density at radius 1 is 0.821 bits per heavy atom. The summed E-state index contributed by atoms with van der Waals surface area (Å²) < 4.78 is 18.0. The Labute approximate surface area is 231 Å². The van der Waals surface area contributed by atoms with Crippen molar-refractivity contribution in [1.29, 1.82) is 0 Å². The molecular weight excluding hydrogens is 510 g/mol. The van der Waals surface area contributed by atoms with Crippen LogP contribution < -0.4 is 9.47 Å². The predicted molar refractivity (Wildman–Crippen MR) is 154 cm³/mol. The van der Waals surface area contributed by atoms with Crippen molar-refractivity contribution in [1.82, 2.24) is 14.5 Å². The van der Waals surface area contributed by atoms with E-state index in [9.17, 15) is 4.79 Å². The van der Waals surface area contributed by atoms with Crippen molar-refractivity contribution in [3.63, 3.8) is 0 Å². The number of ether oxygens (including phenoxy) is 3. The zero-order valence-corrected chi connectivity index (χ0v) is 22.9. The minimum atomic E-state index is -0.323. The number of hydrogen-bond acceptors (Lipinski definition) is 7. The highest BCUT2D eigenvalue weighted by Gasteiger charge is 2.23. The SMILES string of the molecule is CCOC(=O)Cn1c(SCc2ccc3ccccc3n2)nc(-c2ccc(OC)cc2)c1-c1ccc(OC)cc1. The van der Waals surface area contributed by atoms with Gasteiger partial charge in [0.2, 0.25) is 0 Å². The molecule has 7 nitrogen and oxygen atoms in total. The van der Waals surface area contributed by atoms with Gasteiger partial charge in [-0.2, -0.15) is 0 Å². The van der Waals surface area contributed by atoms with E-state index in [0.29, 0.717) is 17.5 Å². The minimum Gasteiger partial charge on any atom is -0.497 e. The largest absolute Gasteiger partial charge is 0.497 e. The molecule has 0 aliphatic carbocycles. The Morgan fingerprint density at radius 3 is 2.15 bits per heavy atom. The number of carbonyl (C=O) groups is 1. The zero-order valence-electron chi connectivity index (χ0n) is 22.1. The van der Waals surface area contributed by atoms with Gasteiger partial charge in [0.1, 0.15) is 18.0 Å². The number of benzene rings is 3. The molecule has 0 saturated heterocycles. The van der Waals surface area contributed by atoms with E-state index in [1.807, 2.05) is 83.4 Å². The third-order valence-electron chi connectivity index (χ3n) is 6.26. The van der Waals surface area contributed by atoms with E-state index < -0.39 is 0 Å². The van der Waals surface area contributed by atoms with Gasteiger partial charge >= 0.3 is 5.97 Å². The zero-order chi connectivity index (χ0) is 27.2. The first-order valence-corrected chi connectivity index (χ1v) is 13.6. The van der Waals surface area contributed by atoms with E-state index in [1.165, 1.54) is 0 Å². The highest BCUT2D eigenvalue weighted by molar-refractivity contribution is 7.98. The molecule has 3 aromatic carbocycles. The predicted octanol–water partition coefficient (Wildman–Crippen LogP) is 6.64. The topological polar surface area (TPSA) is 75.5 Å². The Kier molecular flexibility index (Phi) is 8.13. The fraction of sp³-hybridized carbons (Fsp3) is 0.194. The van der Waals surface area contributed by atoms with Crippen LogP contribution in [0.4, 0.5) is 0 Å². The first-order chi connectivity index (χ1) is 19.1. The second-order valence-electron chi connectivity index (χ2n) is 8.72. The molecule has 0 aliphatic rings.